The number of piperidine rings is 1. The first-order valence-corrected chi connectivity index (χ1v) is 14.8. The van der Waals surface area contributed by atoms with E-state index < -0.39 is 17.2 Å². The minimum absolute atomic E-state index is 0.0917. The van der Waals surface area contributed by atoms with Gasteiger partial charge in [-0.05, 0) is 56.5 Å². The van der Waals surface area contributed by atoms with Gasteiger partial charge in [-0.15, -0.1) is 0 Å². The molecule has 208 valence electrons. The number of benzene rings is 2. The van der Waals surface area contributed by atoms with Crippen molar-refractivity contribution < 1.29 is 13.3 Å². The van der Waals surface area contributed by atoms with Gasteiger partial charge in [0.15, 0.2) is 0 Å². The fourth-order valence-corrected chi connectivity index (χ4v) is 6.59. The maximum absolute atomic E-state index is 13.9. The number of aromatic nitrogens is 3. The van der Waals surface area contributed by atoms with Gasteiger partial charge in [0.1, 0.15) is 22.9 Å². The molecule has 6 rings (SSSR count). The van der Waals surface area contributed by atoms with Crippen LogP contribution < -0.4 is 20.1 Å². The number of aryl methyl sites for hydroxylation is 1. The van der Waals surface area contributed by atoms with E-state index in [2.05, 4.69) is 32.2 Å². The van der Waals surface area contributed by atoms with Crippen LogP contribution in [0.15, 0.2) is 60.9 Å². The number of nitrogens with one attached hydrogen (secondary N) is 3. The first kappa shape index (κ1) is 26.6. The molecule has 0 bridgehead atoms. The molecule has 0 amide bonds. The second-order valence-corrected chi connectivity index (χ2v) is 12.6. The van der Waals surface area contributed by atoms with Crippen LogP contribution in [-0.2, 0) is 11.0 Å². The topological polar surface area (TPSA) is 101 Å². The van der Waals surface area contributed by atoms with Gasteiger partial charge < -0.3 is 20.1 Å². The van der Waals surface area contributed by atoms with Gasteiger partial charge in [-0.1, -0.05) is 30.7 Å². The van der Waals surface area contributed by atoms with Crippen LogP contribution in [0, 0.1) is 6.92 Å². The van der Waals surface area contributed by atoms with Crippen LogP contribution in [0.25, 0.3) is 22.0 Å². The second kappa shape index (κ2) is 11.1. The lowest BCUT2D eigenvalue weighted by molar-refractivity contribution is 0.254. The number of halogens is 1. The molecule has 2 aromatic heterocycles. The summed E-state index contributed by atoms with van der Waals surface area (Å²) < 4.78 is 36.6. The summed E-state index contributed by atoms with van der Waals surface area (Å²) >= 11 is 0. The van der Waals surface area contributed by atoms with Crippen molar-refractivity contribution in [3.8, 4) is 22.9 Å². The number of rotatable bonds is 8. The standard InChI is InChI=1S/C30H33FN6O2S/c1-19-15-26(37-40(38)30(2)11-6-12-30)22-7-3-4-8-23(22)27(19)39-28-24(9-5-13-33-28)25-10-14-34-29(36-25)35-21-16-20(31)17-32-18-21/h3-5,7-10,13-15,20-21,32,37H,6,11-12,16-18H2,1-2H3,(H,34,35,36). The zero-order valence-electron chi connectivity index (χ0n) is 22.6. The lowest BCUT2D eigenvalue weighted by Gasteiger charge is -2.37. The Labute approximate surface area is 235 Å². The number of ether oxygens (including phenoxy) is 1. The molecule has 3 atom stereocenters. The average Bonchev–Trinajstić information content (AvgIpc) is 2.94. The Bertz CT molecular complexity index is 1560. The third-order valence-corrected chi connectivity index (χ3v) is 9.48. The molecule has 40 heavy (non-hydrogen) atoms. The summed E-state index contributed by atoms with van der Waals surface area (Å²) in [5, 5.41) is 8.16. The zero-order chi connectivity index (χ0) is 27.7. The Morgan fingerprint density at radius 2 is 1.90 bits per heavy atom. The van der Waals surface area contributed by atoms with E-state index in [1.165, 1.54) is 0 Å². The number of hydrogen-bond acceptors (Lipinski definition) is 7. The van der Waals surface area contributed by atoms with E-state index in [0.29, 0.717) is 48.3 Å². The van der Waals surface area contributed by atoms with Crippen LogP contribution in [0.4, 0.5) is 16.0 Å². The molecular weight excluding hydrogens is 527 g/mol. The summed E-state index contributed by atoms with van der Waals surface area (Å²) in [6.45, 7) is 5.08. The van der Waals surface area contributed by atoms with Gasteiger partial charge >= 0.3 is 0 Å². The van der Waals surface area contributed by atoms with Gasteiger partial charge in [0.2, 0.25) is 11.8 Å². The summed E-state index contributed by atoms with van der Waals surface area (Å²) in [5.74, 6) is 1.52. The van der Waals surface area contributed by atoms with Crippen LogP contribution in [0.3, 0.4) is 0 Å². The molecule has 0 radical (unpaired) electrons. The van der Waals surface area contributed by atoms with Gasteiger partial charge in [-0.2, -0.15) is 0 Å². The number of anilines is 2. The molecule has 2 aromatic carbocycles. The lowest BCUT2D eigenvalue weighted by atomic mass is 9.86. The first-order valence-electron chi connectivity index (χ1n) is 13.7. The van der Waals surface area contributed by atoms with Gasteiger partial charge in [-0.25, -0.2) is 23.6 Å². The average molecular weight is 561 g/mol. The Kier molecular flexibility index (Phi) is 7.37. The van der Waals surface area contributed by atoms with E-state index in [9.17, 15) is 8.60 Å². The van der Waals surface area contributed by atoms with Crippen LogP contribution >= 0.6 is 0 Å². The quantitative estimate of drug-likeness (QED) is 0.246. The summed E-state index contributed by atoms with van der Waals surface area (Å²) in [5.41, 5.74) is 3.07. The molecule has 3 heterocycles. The molecule has 2 aliphatic rings. The Morgan fingerprint density at radius 3 is 2.67 bits per heavy atom. The minimum atomic E-state index is -1.19. The SMILES string of the molecule is Cc1cc(NS(=O)C2(C)CCC2)c2ccccc2c1Oc1ncccc1-c1ccnc(NC2CNCC(F)C2)n1. The first-order chi connectivity index (χ1) is 19.4. The van der Waals surface area contributed by atoms with Crippen LogP contribution in [0.5, 0.6) is 11.6 Å². The second-order valence-electron chi connectivity index (χ2n) is 10.8. The Hall–Kier alpha value is -3.63. The van der Waals surface area contributed by atoms with Gasteiger partial charge in [-0.3, -0.25) is 0 Å². The van der Waals surface area contributed by atoms with Crippen molar-refractivity contribution in [1.82, 2.24) is 20.3 Å². The Morgan fingerprint density at radius 1 is 1.07 bits per heavy atom. The Balaban J connectivity index is 1.31. The molecule has 3 N–H and O–H groups in total. The third-order valence-electron chi connectivity index (χ3n) is 7.77. The highest BCUT2D eigenvalue weighted by Gasteiger charge is 2.38. The zero-order valence-corrected chi connectivity index (χ0v) is 23.4. The predicted molar refractivity (Wildman–Crippen MR) is 158 cm³/mol. The van der Waals surface area contributed by atoms with Crippen molar-refractivity contribution in [3.63, 3.8) is 0 Å². The lowest BCUT2D eigenvalue weighted by Crippen LogP contribution is -2.44. The molecule has 10 heteroatoms. The molecule has 0 spiro atoms. The minimum Gasteiger partial charge on any atom is -0.437 e. The van der Waals surface area contributed by atoms with Crippen LogP contribution in [0.2, 0.25) is 0 Å². The van der Waals surface area contributed by atoms with Crippen LogP contribution in [-0.4, -0.2) is 49.2 Å². The highest BCUT2D eigenvalue weighted by atomic mass is 32.2. The largest absolute Gasteiger partial charge is 0.437 e. The predicted octanol–water partition coefficient (Wildman–Crippen LogP) is 5.92. The normalized spacial score (nSPS) is 20.9. The van der Waals surface area contributed by atoms with E-state index in [0.717, 1.165) is 41.3 Å². The van der Waals surface area contributed by atoms with Gasteiger partial charge in [0.05, 0.1) is 21.7 Å². The monoisotopic (exact) mass is 560 g/mol. The van der Waals surface area contributed by atoms with E-state index in [1.54, 1.807) is 18.5 Å². The molecule has 1 saturated carbocycles. The fourth-order valence-electron chi connectivity index (χ4n) is 5.32. The van der Waals surface area contributed by atoms with E-state index in [4.69, 9.17) is 9.72 Å². The van der Waals surface area contributed by atoms with Crippen molar-refractivity contribution in [2.24, 2.45) is 0 Å². The van der Waals surface area contributed by atoms with Crippen molar-refractivity contribution in [3.05, 3.63) is 66.5 Å². The van der Waals surface area contributed by atoms with Crippen molar-refractivity contribution in [2.75, 3.05) is 23.1 Å². The molecular formula is C30H33FN6O2S. The fraction of sp³-hybridized carbons (Fsp3) is 0.367. The van der Waals surface area contributed by atoms with Gasteiger partial charge in [0.25, 0.3) is 0 Å². The molecule has 1 aliphatic carbocycles. The number of pyridine rings is 1. The molecule has 3 unspecified atom stereocenters. The summed E-state index contributed by atoms with van der Waals surface area (Å²) in [6.07, 6.45) is 5.91. The molecule has 4 aromatic rings. The highest BCUT2D eigenvalue weighted by Crippen LogP contribution is 2.42. The maximum Gasteiger partial charge on any atom is 0.228 e. The summed E-state index contributed by atoms with van der Waals surface area (Å²) in [7, 11) is -1.19. The van der Waals surface area contributed by atoms with Crippen molar-refractivity contribution >= 4 is 33.4 Å². The van der Waals surface area contributed by atoms with E-state index >= 15 is 0 Å². The van der Waals surface area contributed by atoms with E-state index in [-0.39, 0.29) is 10.8 Å². The molecule has 8 nitrogen and oxygen atoms in total. The van der Waals surface area contributed by atoms with Gasteiger partial charge in [0, 0.05) is 48.7 Å². The van der Waals surface area contributed by atoms with E-state index in [1.807, 2.05) is 49.4 Å². The highest BCUT2D eigenvalue weighted by molar-refractivity contribution is 7.87. The molecule has 2 fully saturated rings. The van der Waals surface area contributed by atoms with Crippen LogP contribution in [0.1, 0.15) is 38.2 Å². The molecule has 1 saturated heterocycles. The number of alkyl halides is 1. The van der Waals surface area contributed by atoms with Crippen molar-refractivity contribution in [2.45, 2.75) is 56.5 Å². The smallest absolute Gasteiger partial charge is 0.228 e. The number of hydrogen-bond donors (Lipinski definition) is 3. The number of nitrogens with zero attached hydrogens (tertiary/aromatic N) is 3. The summed E-state index contributed by atoms with van der Waals surface area (Å²) in [4.78, 5) is 13.6. The third kappa shape index (κ3) is 5.38. The number of fused-ring (bicyclic) bond motifs is 1. The molecule has 1 aliphatic heterocycles. The van der Waals surface area contributed by atoms with Crippen molar-refractivity contribution in [1.29, 1.82) is 0 Å². The summed E-state index contributed by atoms with van der Waals surface area (Å²) in [6, 6.07) is 15.4. The maximum atomic E-state index is 13.9.